The lowest BCUT2D eigenvalue weighted by atomic mass is 10.2. The number of nitrogens with one attached hydrogen (secondary N) is 1. The molecule has 0 aliphatic heterocycles. The number of anilines is 1. The topological polar surface area (TPSA) is 37.8 Å². The van der Waals surface area contributed by atoms with Crippen LogP contribution in [0.4, 0.5) is 5.69 Å². The van der Waals surface area contributed by atoms with Crippen molar-refractivity contribution in [3.8, 4) is 0 Å². The minimum Gasteiger partial charge on any atom is -0.386 e. The predicted molar refractivity (Wildman–Crippen MR) is 49.1 cm³/mol. The van der Waals surface area contributed by atoms with Crippen LogP contribution < -0.4 is 5.32 Å². The third-order valence-electron chi connectivity index (χ3n) is 1.83. The molecule has 0 spiro atoms. The highest BCUT2D eigenvalue weighted by molar-refractivity contribution is 5.91. The summed E-state index contributed by atoms with van der Waals surface area (Å²) in [4.78, 5) is 8.10. The Balaban J connectivity index is 2.79. The van der Waals surface area contributed by atoms with Crippen molar-refractivity contribution in [3.05, 3.63) is 30.9 Å². The summed E-state index contributed by atoms with van der Waals surface area (Å²) >= 11 is 0. The standard InChI is InChI=1S/C9H9N3/c1-10-9-6-12-5-7-4-11-3-2-8(7)9/h2-6,10H,1H3. The first-order valence-electron chi connectivity index (χ1n) is 3.77. The summed E-state index contributed by atoms with van der Waals surface area (Å²) in [6.07, 6.45) is 7.21. The molecule has 0 fully saturated rings. The van der Waals surface area contributed by atoms with Crippen LogP contribution in [0, 0.1) is 0 Å². The molecule has 0 aliphatic carbocycles. The lowest BCUT2D eigenvalue weighted by Gasteiger charge is -2.02. The summed E-state index contributed by atoms with van der Waals surface area (Å²) < 4.78 is 0. The molecule has 0 unspecified atom stereocenters. The van der Waals surface area contributed by atoms with Crippen LogP contribution in [-0.4, -0.2) is 17.0 Å². The maximum absolute atomic E-state index is 4.08. The minimum atomic E-state index is 1.04. The third-order valence-corrected chi connectivity index (χ3v) is 1.83. The van der Waals surface area contributed by atoms with Gasteiger partial charge >= 0.3 is 0 Å². The van der Waals surface area contributed by atoms with Crippen LogP contribution >= 0.6 is 0 Å². The van der Waals surface area contributed by atoms with Gasteiger partial charge in [-0.05, 0) is 6.07 Å². The Morgan fingerprint density at radius 2 is 2.00 bits per heavy atom. The first kappa shape index (κ1) is 7.03. The largest absolute Gasteiger partial charge is 0.386 e. The summed E-state index contributed by atoms with van der Waals surface area (Å²) in [5.74, 6) is 0. The van der Waals surface area contributed by atoms with E-state index in [1.165, 1.54) is 0 Å². The molecule has 12 heavy (non-hydrogen) atoms. The van der Waals surface area contributed by atoms with E-state index in [0.717, 1.165) is 16.5 Å². The summed E-state index contributed by atoms with van der Waals surface area (Å²) in [7, 11) is 1.89. The molecule has 1 N–H and O–H groups in total. The van der Waals surface area contributed by atoms with E-state index in [2.05, 4.69) is 15.3 Å². The Morgan fingerprint density at radius 3 is 2.83 bits per heavy atom. The molecule has 0 atom stereocenters. The number of rotatable bonds is 1. The van der Waals surface area contributed by atoms with Gasteiger partial charge in [0.2, 0.25) is 0 Å². The van der Waals surface area contributed by atoms with Crippen LogP contribution in [0.5, 0.6) is 0 Å². The maximum atomic E-state index is 4.08. The van der Waals surface area contributed by atoms with Gasteiger partial charge in [0.25, 0.3) is 0 Å². The molecule has 0 saturated heterocycles. The molecular formula is C9H9N3. The fourth-order valence-electron chi connectivity index (χ4n) is 1.22. The molecule has 0 amide bonds. The van der Waals surface area contributed by atoms with E-state index in [1.807, 2.05) is 31.7 Å². The van der Waals surface area contributed by atoms with Crippen LogP contribution in [0.1, 0.15) is 0 Å². The minimum absolute atomic E-state index is 1.04. The Labute approximate surface area is 70.5 Å². The molecule has 0 bridgehead atoms. The number of hydrogen-bond donors (Lipinski definition) is 1. The molecule has 3 heteroatoms. The van der Waals surface area contributed by atoms with E-state index in [-0.39, 0.29) is 0 Å². The smallest absolute Gasteiger partial charge is 0.0604 e. The van der Waals surface area contributed by atoms with Crippen LogP contribution in [-0.2, 0) is 0 Å². The summed E-state index contributed by atoms with van der Waals surface area (Å²) in [5, 5.41) is 5.29. The van der Waals surface area contributed by atoms with Gasteiger partial charge in [0.05, 0.1) is 11.9 Å². The van der Waals surface area contributed by atoms with E-state index in [0.29, 0.717) is 0 Å². The molecule has 0 aromatic carbocycles. The molecule has 2 rings (SSSR count). The molecule has 2 aromatic heterocycles. The number of hydrogen-bond acceptors (Lipinski definition) is 3. The number of fused-ring (bicyclic) bond motifs is 1. The highest BCUT2D eigenvalue weighted by Crippen LogP contribution is 2.19. The van der Waals surface area contributed by atoms with Crippen molar-refractivity contribution < 1.29 is 0 Å². The van der Waals surface area contributed by atoms with Gasteiger partial charge in [-0.2, -0.15) is 0 Å². The van der Waals surface area contributed by atoms with Crippen LogP contribution in [0.2, 0.25) is 0 Å². The molecule has 60 valence electrons. The van der Waals surface area contributed by atoms with Gasteiger partial charge in [-0.15, -0.1) is 0 Å². The van der Waals surface area contributed by atoms with Crippen LogP contribution in [0.25, 0.3) is 10.8 Å². The molecule has 0 aliphatic rings. The van der Waals surface area contributed by atoms with E-state index in [1.54, 1.807) is 6.20 Å². The zero-order valence-electron chi connectivity index (χ0n) is 6.78. The van der Waals surface area contributed by atoms with Gasteiger partial charge in [0.1, 0.15) is 0 Å². The van der Waals surface area contributed by atoms with Crippen LogP contribution in [0.3, 0.4) is 0 Å². The lowest BCUT2D eigenvalue weighted by Crippen LogP contribution is -1.90. The highest BCUT2D eigenvalue weighted by Gasteiger charge is 1.97. The Hall–Kier alpha value is -1.64. The zero-order chi connectivity index (χ0) is 8.39. The van der Waals surface area contributed by atoms with Gasteiger partial charge in [-0.25, -0.2) is 0 Å². The zero-order valence-corrected chi connectivity index (χ0v) is 6.78. The molecule has 2 aromatic rings. The molecular weight excluding hydrogens is 150 g/mol. The predicted octanol–water partition coefficient (Wildman–Crippen LogP) is 1.67. The fourth-order valence-corrected chi connectivity index (χ4v) is 1.22. The first-order valence-corrected chi connectivity index (χ1v) is 3.77. The second-order valence-electron chi connectivity index (χ2n) is 2.53. The molecule has 0 saturated carbocycles. The quantitative estimate of drug-likeness (QED) is 0.687. The Morgan fingerprint density at radius 1 is 1.17 bits per heavy atom. The SMILES string of the molecule is CNc1cncc2cnccc12. The van der Waals surface area contributed by atoms with Gasteiger partial charge in [0.15, 0.2) is 0 Å². The van der Waals surface area contributed by atoms with Gasteiger partial charge in [0, 0.05) is 36.4 Å². The average Bonchev–Trinajstić information content (AvgIpc) is 2.17. The lowest BCUT2D eigenvalue weighted by molar-refractivity contribution is 1.31. The molecule has 0 radical (unpaired) electrons. The summed E-state index contributed by atoms with van der Waals surface area (Å²) in [5.41, 5.74) is 1.04. The van der Waals surface area contributed by atoms with Crippen molar-refractivity contribution >= 4 is 16.5 Å². The first-order chi connectivity index (χ1) is 5.92. The van der Waals surface area contributed by atoms with Crippen LogP contribution in [0.15, 0.2) is 30.9 Å². The van der Waals surface area contributed by atoms with Crippen molar-refractivity contribution in [2.24, 2.45) is 0 Å². The van der Waals surface area contributed by atoms with Gasteiger partial charge < -0.3 is 5.32 Å². The van der Waals surface area contributed by atoms with E-state index in [4.69, 9.17) is 0 Å². The molecule has 2 heterocycles. The summed E-state index contributed by atoms with van der Waals surface area (Å²) in [6, 6.07) is 1.98. The van der Waals surface area contributed by atoms with E-state index >= 15 is 0 Å². The van der Waals surface area contributed by atoms with Gasteiger partial charge in [-0.1, -0.05) is 0 Å². The average molecular weight is 159 g/mol. The number of nitrogens with zero attached hydrogens (tertiary/aromatic N) is 2. The monoisotopic (exact) mass is 159 g/mol. The maximum Gasteiger partial charge on any atom is 0.0604 e. The number of pyridine rings is 2. The van der Waals surface area contributed by atoms with Gasteiger partial charge in [-0.3, -0.25) is 9.97 Å². The summed E-state index contributed by atoms with van der Waals surface area (Å²) in [6.45, 7) is 0. The Bertz CT molecular complexity index is 392. The van der Waals surface area contributed by atoms with Crippen molar-refractivity contribution in [1.82, 2.24) is 9.97 Å². The third kappa shape index (κ3) is 0.993. The normalized spacial score (nSPS) is 10.1. The second-order valence-corrected chi connectivity index (χ2v) is 2.53. The number of aromatic nitrogens is 2. The molecule has 3 nitrogen and oxygen atoms in total. The Kier molecular flexibility index (Phi) is 1.63. The van der Waals surface area contributed by atoms with Crippen molar-refractivity contribution in [2.75, 3.05) is 12.4 Å². The van der Waals surface area contributed by atoms with Crippen molar-refractivity contribution in [3.63, 3.8) is 0 Å². The second kappa shape index (κ2) is 2.77. The fraction of sp³-hybridized carbons (Fsp3) is 0.111. The van der Waals surface area contributed by atoms with E-state index < -0.39 is 0 Å². The van der Waals surface area contributed by atoms with Crippen molar-refractivity contribution in [2.45, 2.75) is 0 Å². The van der Waals surface area contributed by atoms with Crippen molar-refractivity contribution in [1.29, 1.82) is 0 Å². The van der Waals surface area contributed by atoms with E-state index in [9.17, 15) is 0 Å². The highest BCUT2D eigenvalue weighted by atomic mass is 14.8.